The standard InChI is InChI=1S/C14H8BrCl2NO/c15-11-5-13(17)14(6-12(11)16)19-8-10-3-1-2-9(4-10)7-18/h1-6H,8H2. The molecule has 0 amide bonds. The molecule has 96 valence electrons. The quantitative estimate of drug-likeness (QED) is 0.707. The zero-order chi connectivity index (χ0) is 13.8. The summed E-state index contributed by atoms with van der Waals surface area (Å²) in [7, 11) is 0. The van der Waals surface area contributed by atoms with Gasteiger partial charge in [0.25, 0.3) is 0 Å². The highest BCUT2D eigenvalue weighted by atomic mass is 79.9. The highest BCUT2D eigenvalue weighted by molar-refractivity contribution is 9.10. The molecule has 0 saturated carbocycles. The number of rotatable bonds is 3. The number of nitriles is 1. The van der Waals surface area contributed by atoms with Gasteiger partial charge in [0.1, 0.15) is 12.4 Å². The van der Waals surface area contributed by atoms with Crippen LogP contribution in [0.5, 0.6) is 5.75 Å². The molecule has 5 heteroatoms. The van der Waals surface area contributed by atoms with E-state index >= 15 is 0 Å². The van der Waals surface area contributed by atoms with Crippen molar-refractivity contribution in [3.8, 4) is 11.8 Å². The zero-order valence-corrected chi connectivity index (χ0v) is 12.8. The maximum absolute atomic E-state index is 8.82. The van der Waals surface area contributed by atoms with Crippen LogP contribution in [-0.4, -0.2) is 0 Å². The largest absolute Gasteiger partial charge is 0.487 e. The van der Waals surface area contributed by atoms with Crippen LogP contribution in [0.2, 0.25) is 10.0 Å². The fourth-order valence-corrected chi connectivity index (χ4v) is 2.35. The first-order valence-corrected chi connectivity index (χ1v) is 6.91. The molecule has 2 nitrogen and oxygen atoms in total. The molecule has 0 aliphatic rings. The van der Waals surface area contributed by atoms with E-state index in [1.807, 2.05) is 12.1 Å². The van der Waals surface area contributed by atoms with Gasteiger partial charge in [0.15, 0.2) is 0 Å². The molecule has 0 unspecified atom stereocenters. The van der Waals surface area contributed by atoms with Crippen molar-refractivity contribution in [2.45, 2.75) is 6.61 Å². The third-order valence-corrected chi connectivity index (χ3v) is 3.92. The Labute approximate surface area is 129 Å². The molecular weight excluding hydrogens is 349 g/mol. The fraction of sp³-hybridized carbons (Fsp3) is 0.0714. The lowest BCUT2D eigenvalue weighted by molar-refractivity contribution is 0.306. The molecule has 0 aliphatic heterocycles. The summed E-state index contributed by atoms with van der Waals surface area (Å²) in [5, 5.41) is 9.84. The van der Waals surface area contributed by atoms with Crippen molar-refractivity contribution < 1.29 is 4.74 Å². The highest BCUT2D eigenvalue weighted by Gasteiger charge is 2.07. The number of ether oxygens (including phenoxy) is 1. The number of hydrogen-bond donors (Lipinski definition) is 0. The maximum Gasteiger partial charge on any atom is 0.139 e. The molecular formula is C14H8BrCl2NO. The van der Waals surface area contributed by atoms with E-state index in [4.69, 9.17) is 33.2 Å². The van der Waals surface area contributed by atoms with Crippen molar-refractivity contribution >= 4 is 39.1 Å². The molecule has 0 saturated heterocycles. The summed E-state index contributed by atoms with van der Waals surface area (Å²) >= 11 is 15.3. The second-order valence-electron chi connectivity index (χ2n) is 3.80. The van der Waals surface area contributed by atoms with Crippen LogP contribution in [0.3, 0.4) is 0 Å². The van der Waals surface area contributed by atoms with Crippen LogP contribution in [0, 0.1) is 11.3 Å². The van der Waals surface area contributed by atoms with Gasteiger partial charge in [-0.25, -0.2) is 0 Å². The summed E-state index contributed by atoms with van der Waals surface area (Å²) in [4.78, 5) is 0. The van der Waals surface area contributed by atoms with Crippen LogP contribution in [0.15, 0.2) is 40.9 Å². The van der Waals surface area contributed by atoms with Crippen molar-refractivity contribution in [3.05, 3.63) is 62.0 Å². The van der Waals surface area contributed by atoms with Crippen molar-refractivity contribution in [1.29, 1.82) is 5.26 Å². The van der Waals surface area contributed by atoms with E-state index in [-0.39, 0.29) is 0 Å². The van der Waals surface area contributed by atoms with Gasteiger partial charge in [-0.3, -0.25) is 0 Å². The Morgan fingerprint density at radius 1 is 1.16 bits per heavy atom. The van der Waals surface area contributed by atoms with Crippen LogP contribution in [0.1, 0.15) is 11.1 Å². The van der Waals surface area contributed by atoms with Gasteiger partial charge in [-0.15, -0.1) is 0 Å². The number of benzene rings is 2. The molecule has 2 aromatic rings. The summed E-state index contributed by atoms with van der Waals surface area (Å²) in [6.45, 7) is 0.327. The molecule has 0 radical (unpaired) electrons. The minimum absolute atomic E-state index is 0.327. The predicted octanol–water partition coefficient (Wildman–Crippen LogP) is 5.21. The van der Waals surface area contributed by atoms with E-state index in [1.54, 1.807) is 24.3 Å². The molecule has 2 rings (SSSR count). The van der Waals surface area contributed by atoms with Crippen LogP contribution in [0.4, 0.5) is 0 Å². The van der Waals surface area contributed by atoms with Crippen molar-refractivity contribution in [2.24, 2.45) is 0 Å². The first-order valence-electron chi connectivity index (χ1n) is 5.36. The van der Waals surface area contributed by atoms with Gasteiger partial charge in [-0.2, -0.15) is 5.26 Å². The lowest BCUT2D eigenvalue weighted by atomic mass is 10.1. The van der Waals surface area contributed by atoms with E-state index in [9.17, 15) is 0 Å². The first kappa shape index (κ1) is 14.2. The Bertz CT molecular complexity index is 652. The third-order valence-electron chi connectivity index (χ3n) is 2.43. The Morgan fingerprint density at radius 3 is 2.68 bits per heavy atom. The smallest absolute Gasteiger partial charge is 0.139 e. The van der Waals surface area contributed by atoms with E-state index < -0.39 is 0 Å². The molecule has 0 bridgehead atoms. The molecule has 0 spiro atoms. The summed E-state index contributed by atoms with van der Waals surface area (Å²) in [5.41, 5.74) is 1.50. The lowest BCUT2D eigenvalue weighted by Crippen LogP contribution is -1.96. The van der Waals surface area contributed by atoms with Crippen LogP contribution >= 0.6 is 39.1 Å². The molecule has 2 aromatic carbocycles. The normalized spacial score (nSPS) is 10.0. The third kappa shape index (κ3) is 3.63. The minimum atomic E-state index is 0.327. The maximum atomic E-state index is 8.82. The second-order valence-corrected chi connectivity index (χ2v) is 5.47. The number of hydrogen-bond acceptors (Lipinski definition) is 2. The Kier molecular flexibility index (Phi) is 4.71. The van der Waals surface area contributed by atoms with E-state index in [2.05, 4.69) is 22.0 Å². The Balaban J connectivity index is 2.14. The monoisotopic (exact) mass is 355 g/mol. The van der Waals surface area contributed by atoms with Crippen LogP contribution in [0.25, 0.3) is 0 Å². The summed E-state index contributed by atoms with van der Waals surface area (Å²) < 4.78 is 6.33. The minimum Gasteiger partial charge on any atom is -0.487 e. The molecule has 0 fully saturated rings. The Hall–Kier alpha value is -1.21. The average molecular weight is 357 g/mol. The molecule has 19 heavy (non-hydrogen) atoms. The van der Waals surface area contributed by atoms with Gasteiger partial charge in [-0.05, 0) is 39.7 Å². The SMILES string of the molecule is N#Cc1cccc(COc2cc(Cl)c(Br)cc2Cl)c1. The number of halogens is 3. The van der Waals surface area contributed by atoms with Gasteiger partial charge < -0.3 is 4.74 Å². The van der Waals surface area contributed by atoms with Gasteiger partial charge in [0.05, 0.1) is 21.7 Å². The predicted molar refractivity (Wildman–Crippen MR) is 79.7 cm³/mol. The van der Waals surface area contributed by atoms with E-state index in [0.717, 1.165) is 10.0 Å². The average Bonchev–Trinajstić information content (AvgIpc) is 2.41. The lowest BCUT2D eigenvalue weighted by Gasteiger charge is -2.09. The molecule has 0 N–H and O–H groups in total. The fourth-order valence-electron chi connectivity index (χ4n) is 1.51. The number of nitrogens with zero attached hydrogens (tertiary/aromatic N) is 1. The van der Waals surface area contributed by atoms with Gasteiger partial charge >= 0.3 is 0 Å². The van der Waals surface area contributed by atoms with E-state index in [0.29, 0.717) is 28.0 Å². The molecule has 0 atom stereocenters. The van der Waals surface area contributed by atoms with Gasteiger partial charge in [0.2, 0.25) is 0 Å². The van der Waals surface area contributed by atoms with Crippen molar-refractivity contribution in [3.63, 3.8) is 0 Å². The van der Waals surface area contributed by atoms with Crippen LogP contribution in [-0.2, 0) is 6.61 Å². The topological polar surface area (TPSA) is 33.0 Å². The molecule has 0 aromatic heterocycles. The zero-order valence-electron chi connectivity index (χ0n) is 9.66. The van der Waals surface area contributed by atoms with Crippen molar-refractivity contribution in [1.82, 2.24) is 0 Å². The van der Waals surface area contributed by atoms with E-state index in [1.165, 1.54) is 0 Å². The molecule has 0 heterocycles. The van der Waals surface area contributed by atoms with Crippen molar-refractivity contribution in [2.75, 3.05) is 0 Å². The summed E-state index contributed by atoms with van der Waals surface area (Å²) in [5.74, 6) is 0.511. The van der Waals surface area contributed by atoms with Crippen LogP contribution < -0.4 is 4.74 Å². The second kappa shape index (κ2) is 6.29. The highest BCUT2D eigenvalue weighted by Crippen LogP contribution is 2.34. The van der Waals surface area contributed by atoms with Gasteiger partial charge in [0, 0.05) is 10.5 Å². The molecule has 0 aliphatic carbocycles. The first-order chi connectivity index (χ1) is 9.10. The summed E-state index contributed by atoms with van der Waals surface area (Å²) in [6.07, 6.45) is 0. The Morgan fingerprint density at radius 2 is 1.95 bits per heavy atom. The summed E-state index contributed by atoms with van der Waals surface area (Å²) in [6, 6.07) is 12.6. The van der Waals surface area contributed by atoms with Gasteiger partial charge in [-0.1, -0.05) is 35.3 Å².